The zero-order valence-electron chi connectivity index (χ0n) is 7.54. The van der Waals surface area contributed by atoms with E-state index >= 15 is 0 Å². The van der Waals surface area contributed by atoms with Gasteiger partial charge in [-0.05, 0) is 30.9 Å². The SMILES string of the molecule is CCOCc1ccc(SC)cc1. The molecule has 0 aromatic heterocycles. The van der Waals surface area contributed by atoms with Gasteiger partial charge in [-0.1, -0.05) is 12.1 Å². The second-order valence-electron chi connectivity index (χ2n) is 2.49. The number of hydrogen-bond donors (Lipinski definition) is 0. The Morgan fingerprint density at radius 3 is 2.42 bits per heavy atom. The van der Waals surface area contributed by atoms with E-state index < -0.39 is 0 Å². The number of rotatable bonds is 4. The molecule has 0 spiro atoms. The van der Waals surface area contributed by atoms with Gasteiger partial charge in [-0.2, -0.15) is 0 Å². The molecule has 0 radical (unpaired) electrons. The van der Waals surface area contributed by atoms with Crippen LogP contribution < -0.4 is 0 Å². The first kappa shape index (κ1) is 9.62. The first-order valence-electron chi connectivity index (χ1n) is 4.07. The van der Waals surface area contributed by atoms with Crippen LogP contribution in [0.3, 0.4) is 0 Å². The molecule has 66 valence electrons. The first-order chi connectivity index (χ1) is 5.86. The third-order valence-electron chi connectivity index (χ3n) is 1.63. The van der Waals surface area contributed by atoms with Crippen LogP contribution in [0.1, 0.15) is 12.5 Å². The third-order valence-corrected chi connectivity index (χ3v) is 2.38. The van der Waals surface area contributed by atoms with Crippen molar-refractivity contribution in [2.45, 2.75) is 18.4 Å². The molecule has 1 aromatic rings. The Morgan fingerprint density at radius 2 is 1.92 bits per heavy atom. The molecule has 0 unspecified atom stereocenters. The summed E-state index contributed by atoms with van der Waals surface area (Å²) in [7, 11) is 0. The van der Waals surface area contributed by atoms with E-state index in [-0.39, 0.29) is 0 Å². The van der Waals surface area contributed by atoms with Crippen molar-refractivity contribution in [1.29, 1.82) is 0 Å². The molecule has 2 heteroatoms. The molecular formula is C10H14OS. The Kier molecular flexibility index (Phi) is 4.19. The summed E-state index contributed by atoms with van der Waals surface area (Å²) in [6, 6.07) is 8.47. The molecule has 0 saturated heterocycles. The van der Waals surface area contributed by atoms with Gasteiger partial charge in [-0.15, -0.1) is 11.8 Å². The number of benzene rings is 1. The maximum absolute atomic E-state index is 5.29. The maximum atomic E-state index is 5.29. The second kappa shape index (κ2) is 5.22. The number of hydrogen-bond acceptors (Lipinski definition) is 2. The van der Waals surface area contributed by atoms with E-state index in [1.54, 1.807) is 11.8 Å². The fourth-order valence-corrected chi connectivity index (χ4v) is 1.35. The minimum Gasteiger partial charge on any atom is -0.377 e. The topological polar surface area (TPSA) is 9.23 Å². The van der Waals surface area contributed by atoms with Crippen LogP contribution in [0, 0.1) is 0 Å². The molecule has 0 bridgehead atoms. The molecule has 12 heavy (non-hydrogen) atoms. The molecule has 0 N–H and O–H groups in total. The Balaban J connectivity index is 2.53. The smallest absolute Gasteiger partial charge is 0.0716 e. The van der Waals surface area contributed by atoms with Crippen molar-refractivity contribution in [2.24, 2.45) is 0 Å². The van der Waals surface area contributed by atoms with Crippen LogP contribution in [0.2, 0.25) is 0 Å². The normalized spacial score (nSPS) is 10.2. The van der Waals surface area contributed by atoms with Gasteiger partial charge in [-0.25, -0.2) is 0 Å². The highest BCUT2D eigenvalue weighted by molar-refractivity contribution is 7.98. The zero-order chi connectivity index (χ0) is 8.81. The van der Waals surface area contributed by atoms with Crippen molar-refractivity contribution in [2.75, 3.05) is 12.9 Å². The average Bonchev–Trinajstić information content (AvgIpc) is 2.15. The number of thioether (sulfide) groups is 1. The van der Waals surface area contributed by atoms with Gasteiger partial charge in [0.2, 0.25) is 0 Å². The highest BCUT2D eigenvalue weighted by atomic mass is 32.2. The molecule has 0 atom stereocenters. The monoisotopic (exact) mass is 182 g/mol. The molecular weight excluding hydrogens is 168 g/mol. The molecule has 0 aliphatic heterocycles. The predicted octanol–water partition coefficient (Wildman–Crippen LogP) is 2.95. The van der Waals surface area contributed by atoms with Gasteiger partial charge in [-0.3, -0.25) is 0 Å². The Bertz CT molecular complexity index is 218. The lowest BCUT2D eigenvalue weighted by Crippen LogP contribution is -1.90. The number of ether oxygens (including phenoxy) is 1. The summed E-state index contributed by atoms with van der Waals surface area (Å²) < 4.78 is 5.29. The molecule has 0 aliphatic carbocycles. The summed E-state index contributed by atoms with van der Waals surface area (Å²) in [6.45, 7) is 3.52. The fourth-order valence-electron chi connectivity index (χ4n) is 0.942. The summed E-state index contributed by atoms with van der Waals surface area (Å²) in [5.41, 5.74) is 1.25. The first-order valence-corrected chi connectivity index (χ1v) is 5.30. The van der Waals surface area contributed by atoms with Crippen molar-refractivity contribution >= 4 is 11.8 Å². The van der Waals surface area contributed by atoms with Crippen molar-refractivity contribution in [1.82, 2.24) is 0 Å². The van der Waals surface area contributed by atoms with Gasteiger partial charge in [0.15, 0.2) is 0 Å². The minimum absolute atomic E-state index is 0.727. The van der Waals surface area contributed by atoms with E-state index in [1.165, 1.54) is 10.5 Å². The summed E-state index contributed by atoms with van der Waals surface area (Å²) in [5, 5.41) is 0. The minimum atomic E-state index is 0.727. The Hall–Kier alpha value is -0.470. The summed E-state index contributed by atoms with van der Waals surface area (Å²) >= 11 is 1.76. The molecule has 1 nitrogen and oxygen atoms in total. The Morgan fingerprint density at radius 1 is 1.25 bits per heavy atom. The lowest BCUT2D eigenvalue weighted by Gasteiger charge is -2.01. The van der Waals surface area contributed by atoms with Crippen LogP contribution in [0.15, 0.2) is 29.2 Å². The molecule has 0 aliphatic rings. The van der Waals surface area contributed by atoms with E-state index in [2.05, 4.69) is 30.5 Å². The summed E-state index contributed by atoms with van der Waals surface area (Å²) in [4.78, 5) is 1.30. The highest BCUT2D eigenvalue weighted by Gasteiger charge is 1.92. The van der Waals surface area contributed by atoms with Gasteiger partial charge in [0.05, 0.1) is 6.61 Å². The van der Waals surface area contributed by atoms with Crippen LogP contribution in [-0.4, -0.2) is 12.9 Å². The third kappa shape index (κ3) is 2.88. The molecule has 0 saturated carbocycles. The van der Waals surface area contributed by atoms with Gasteiger partial charge >= 0.3 is 0 Å². The second-order valence-corrected chi connectivity index (χ2v) is 3.36. The van der Waals surface area contributed by atoms with Gasteiger partial charge in [0.1, 0.15) is 0 Å². The average molecular weight is 182 g/mol. The van der Waals surface area contributed by atoms with Crippen LogP contribution >= 0.6 is 11.8 Å². The van der Waals surface area contributed by atoms with E-state index in [9.17, 15) is 0 Å². The molecule has 0 fully saturated rings. The van der Waals surface area contributed by atoms with Gasteiger partial charge in [0.25, 0.3) is 0 Å². The van der Waals surface area contributed by atoms with E-state index in [1.807, 2.05) is 6.92 Å². The lowest BCUT2D eigenvalue weighted by molar-refractivity contribution is 0.134. The van der Waals surface area contributed by atoms with E-state index in [0.29, 0.717) is 0 Å². The predicted molar refractivity (Wildman–Crippen MR) is 53.6 cm³/mol. The quantitative estimate of drug-likeness (QED) is 0.662. The summed E-state index contributed by atoms with van der Waals surface area (Å²) in [6.07, 6.45) is 2.08. The largest absolute Gasteiger partial charge is 0.377 e. The highest BCUT2D eigenvalue weighted by Crippen LogP contribution is 2.14. The zero-order valence-corrected chi connectivity index (χ0v) is 8.36. The van der Waals surface area contributed by atoms with E-state index in [4.69, 9.17) is 4.74 Å². The van der Waals surface area contributed by atoms with Crippen molar-refractivity contribution in [3.8, 4) is 0 Å². The van der Waals surface area contributed by atoms with Crippen molar-refractivity contribution < 1.29 is 4.74 Å². The van der Waals surface area contributed by atoms with Gasteiger partial charge < -0.3 is 4.74 Å². The molecule has 1 aromatic carbocycles. The molecule has 1 rings (SSSR count). The Labute approximate surface area is 78.1 Å². The van der Waals surface area contributed by atoms with Crippen LogP contribution in [0.25, 0.3) is 0 Å². The molecule has 0 amide bonds. The van der Waals surface area contributed by atoms with Crippen LogP contribution in [-0.2, 0) is 11.3 Å². The fraction of sp³-hybridized carbons (Fsp3) is 0.400. The standard InChI is InChI=1S/C10H14OS/c1-3-11-8-9-4-6-10(12-2)7-5-9/h4-7H,3,8H2,1-2H3. The van der Waals surface area contributed by atoms with Crippen LogP contribution in [0.5, 0.6) is 0 Å². The van der Waals surface area contributed by atoms with Crippen LogP contribution in [0.4, 0.5) is 0 Å². The van der Waals surface area contributed by atoms with Crippen molar-refractivity contribution in [3.05, 3.63) is 29.8 Å². The van der Waals surface area contributed by atoms with E-state index in [0.717, 1.165) is 13.2 Å². The molecule has 0 heterocycles. The lowest BCUT2D eigenvalue weighted by atomic mass is 10.2. The maximum Gasteiger partial charge on any atom is 0.0716 e. The summed E-state index contributed by atoms with van der Waals surface area (Å²) in [5.74, 6) is 0. The van der Waals surface area contributed by atoms with Gasteiger partial charge in [0, 0.05) is 11.5 Å². The van der Waals surface area contributed by atoms with Crippen molar-refractivity contribution in [3.63, 3.8) is 0 Å².